The molecule has 1 aromatic carbocycles. The van der Waals surface area contributed by atoms with Crippen LogP contribution in [0.2, 0.25) is 10.0 Å². The molecule has 5 nitrogen and oxygen atoms in total. The summed E-state index contributed by atoms with van der Waals surface area (Å²) in [6.45, 7) is 2.22. The molecule has 10 heteroatoms. The minimum absolute atomic E-state index is 0.112. The van der Waals surface area contributed by atoms with E-state index in [4.69, 9.17) is 23.2 Å². The molecule has 3 N–H and O–H groups in total. The number of aliphatic hydroxyl groups is 1. The summed E-state index contributed by atoms with van der Waals surface area (Å²) in [7, 11) is 0. The fourth-order valence-electron chi connectivity index (χ4n) is 2.19. The van der Waals surface area contributed by atoms with Crippen molar-refractivity contribution in [3.05, 3.63) is 57.3 Å². The van der Waals surface area contributed by atoms with Crippen molar-refractivity contribution >= 4 is 34.9 Å². The molecule has 0 fully saturated rings. The molecule has 2 rings (SSSR count). The molecular formula is C17H16Cl2F3N3O2. The lowest BCUT2D eigenvalue weighted by Gasteiger charge is -2.27. The molecule has 0 spiro atoms. The van der Waals surface area contributed by atoms with E-state index < -0.39 is 23.4 Å². The quantitative estimate of drug-likeness (QED) is 0.664. The van der Waals surface area contributed by atoms with Crippen molar-refractivity contribution < 1.29 is 23.1 Å². The zero-order valence-corrected chi connectivity index (χ0v) is 15.8. The van der Waals surface area contributed by atoms with Crippen LogP contribution in [0.1, 0.15) is 23.7 Å². The molecule has 1 aromatic heterocycles. The molecule has 1 atom stereocenters. The highest BCUT2D eigenvalue weighted by Gasteiger charge is 2.51. The van der Waals surface area contributed by atoms with Gasteiger partial charge in [-0.15, -0.1) is 0 Å². The second kappa shape index (κ2) is 7.92. The first kappa shape index (κ1) is 21.3. The normalized spacial score (nSPS) is 13.8. The van der Waals surface area contributed by atoms with Gasteiger partial charge in [-0.25, -0.2) is 4.79 Å². The molecule has 2 amide bonds. The van der Waals surface area contributed by atoms with Crippen molar-refractivity contribution in [2.45, 2.75) is 32.2 Å². The number of hydrogen-bond donors (Lipinski definition) is 3. The SMILES string of the molecule is Cc1cc(C(C)(O)C(F)(F)F)cc(Cl)c1NC(=O)NCc1ccc(Cl)cn1. The average molecular weight is 422 g/mol. The number of nitrogens with zero attached hydrogens (tertiary/aromatic N) is 1. The Morgan fingerprint density at radius 1 is 1.26 bits per heavy atom. The van der Waals surface area contributed by atoms with Crippen LogP contribution in [-0.4, -0.2) is 22.3 Å². The monoisotopic (exact) mass is 421 g/mol. The van der Waals surface area contributed by atoms with Crippen molar-refractivity contribution in [3.8, 4) is 0 Å². The third kappa shape index (κ3) is 5.03. The average Bonchev–Trinajstić information content (AvgIpc) is 2.56. The topological polar surface area (TPSA) is 74.2 Å². The van der Waals surface area contributed by atoms with Gasteiger partial charge in [0.15, 0.2) is 5.60 Å². The molecule has 0 bridgehead atoms. The van der Waals surface area contributed by atoms with Crippen LogP contribution in [0.5, 0.6) is 0 Å². The highest BCUT2D eigenvalue weighted by Crippen LogP contribution is 2.41. The number of carbonyl (C=O) groups is 1. The molecule has 0 aliphatic heterocycles. The molecule has 2 aromatic rings. The summed E-state index contributed by atoms with van der Waals surface area (Å²) in [5.41, 5.74) is -2.52. The number of aryl methyl sites for hydroxylation is 1. The maximum absolute atomic E-state index is 13.0. The second-order valence-electron chi connectivity index (χ2n) is 6.00. The largest absolute Gasteiger partial charge is 0.421 e. The van der Waals surface area contributed by atoms with Gasteiger partial charge in [0.05, 0.1) is 28.0 Å². The Morgan fingerprint density at radius 2 is 1.93 bits per heavy atom. The van der Waals surface area contributed by atoms with Crippen LogP contribution in [0.15, 0.2) is 30.5 Å². The van der Waals surface area contributed by atoms with Crippen molar-refractivity contribution in [3.63, 3.8) is 0 Å². The molecular weight excluding hydrogens is 406 g/mol. The van der Waals surface area contributed by atoms with Crippen molar-refractivity contribution in [1.29, 1.82) is 0 Å². The van der Waals surface area contributed by atoms with Crippen LogP contribution in [0.4, 0.5) is 23.7 Å². The molecule has 0 saturated heterocycles. The fourth-order valence-corrected chi connectivity index (χ4v) is 2.61. The number of urea groups is 1. The first-order chi connectivity index (χ1) is 12.4. The molecule has 1 heterocycles. The summed E-state index contributed by atoms with van der Waals surface area (Å²) in [5, 5.41) is 15.1. The van der Waals surface area contributed by atoms with Gasteiger partial charge in [0.2, 0.25) is 0 Å². The van der Waals surface area contributed by atoms with E-state index in [0.29, 0.717) is 17.6 Å². The highest BCUT2D eigenvalue weighted by molar-refractivity contribution is 6.34. The van der Waals surface area contributed by atoms with Crippen molar-refractivity contribution in [2.24, 2.45) is 0 Å². The van der Waals surface area contributed by atoms with E-state index in [-0.39, 0.29) is 22.8 Å². The summed E-state index contributed by atoms with van der Waals surface area (Å²) >= 11 is 11.7. The minimum atomic E-state index is -4.87. The number of anilines is 1. The first-order valence-electron chi connectivity index (χ1n) is 7.67. The van der Waals surface area contributed by atoms with E-state index >= 15 is 0 Å². The standard InChI is InChI=1S/C17H16Cl2F3N3O2/c1-9-5-10(16(2,27)17(20,21)22)6-13(19)14(9)25-15(26)24-8-12-4-3-11(18)7-23-12/h3-7,27H,8H2,1-2H3,(H2,24,25,26). The Hall–Kier alpha value is -2.03. The van der Waals surface area contributed by atoms with E-state index in [9.17, 15) is 23.1 Å². The maximum atomic E-state index is 13.0. The summed E-state index contributed by atoms with van der Waals surface area (Å²) in [6, 6.07) is 4.73. The van der Waals surface area contributed by atoms with E-state index in [1.165, 1.54) is 13.1 Å². The summed E-state index contributed by atoms with van der Waals surface area (Å²) < 4.78 is 39.0. The second-order valence-corrected chi connectivity index (χ2v) is 6.84. The number of amides is 2. The third-order valence-corrected chi connectivity index (χ3v) is 4.38. The number of hydrogen-bond acceptors (Lipinski definition) is 3. The van der Waals surface area contributed by atoms with Gasteiger partial charge < -0.3 is 15.7 Å². The number of nitrogens with one attached hydrogen (secondary N) is 2. The third-order valence-electron chi connectivity index (χ3n) is 3.86. The molecule has 0 radical (unpaired) electrons. The lowest BCUT2D eigenvalue weighted by molar-refractivity contribution is -0.258. The molecule has 0 saturated carbocycles. The number of alkyl halides is 3. The number of rotatable bonds is 4. The number of carbonyl (C=O) groups excluding carboxylic acids is 1. The first-order valence-corrected chi connectivity index (χ1v) is 8.42. The molecule has 0 aliphatic carbocycles. The summed E-state index contributed by atoms with van der Waals surface area (Å²) in [6.07, 6.45) is -3.44. The van der Waals surface area contributed by atoms with Gasteiger partial charge in [-0.1, -0.05) is 29.3 Å². The number of aromatic nitrogens is 1. The lowest BCUT2D eigenvalue weighted by Crippen LogP contribution is -2.39. The van der Waals surface area contributed by atoms with E-state index in [1.807, 2.05) is 0 Å². The van der Waals surface area contributed by atoms with Crippen LogP contribution in [0.3, 0.4) is 0 Å². The Labute approximate surface area is 163 Å². The zero-order valence-electron chi connectivity index (χ0n) is 14.3. The van der Waals surface area contributed by atoms with Gasteiger partial charge in [0.1, 0.15) is 0 Å². The Kier molecular flexibility index (Phi) is 6.24. The van der Waals surface area contributed by atoms with Gasteiger partial charge in [-0.2, -0.15) is 13.2 Å². The predicted molar refractivity (Wildman–Crippen MR) is 96.9 cm³/mol. The van der Waals surface area contributed by atoms with Crippen LogP contribution >= 0.6 is 23.2 Å². The van der Waals surface area contributed by atoms with E-state index in [0.717, 1.165) is 12.1 Å². The van der Waals surface area contributed by atoms with Crippen molar-refractivity contribution in [1.82, 2.24) is 10.3 Å². The number of halogens is 5. The van der Waals surface area contributed by atoms with Crippen LogP contribution in [0, 0.1) is 6.92 Å². The van der Waals surface area contributed by atoms with Gasteiger partial charge >= 0.3 is 12.2 Å². The van der Waals surface area contributed by atoms with Crippen LogP contribution < -0.4 is 10.6 Å². The maximum Gasteiger partial charge on any atom is 0.421 e. The van der Waals surface area contributed by atoms with Crippen LogP contribution in [0.25, 0.3) is 0 Å². The van der Waals surface area contributed by atoms with Crippen LogP contribution in [-0.2, 0) is 12.1 Å². The van der Waals surface area contributed by atoms with Gasteiger partial charge in [0, 0.05) is 6.20 Å². The lowest BCUT2D eigenvalue weighted by atomic mass is 9.93. The Balaban J connectivity index is 2.12. The predicted octanol–water partition coefficient (Wildman–Crippen LogP) is 4.79. The Bertz CT molecular complexity index is 817. The molecule has 27 heavy (non-hydrogen) atoms. The molecule has 0 aliphatic rings. The smallest absolute Gasteiger partial charge is 0.376 e. The molecule has 1 unspecified atom stereocenters. The highest BCUT2D eigenvalue weighted by atomic mass is 35.5. The van der Waals surface area contributed by atoms with E-state index in [2.05, 4.69) is 15.6 Å². The van der Waals surface area contributed by atoms with Gasteiger partial charge in [-0.05, 0) is 43.2 Å². The van der Waals surface area contributed by atoms with E-state index in [1.54, 1.807) is 12.1 Å². The number of pyridine rings is 1. The summed E-state index contributed by atoms with van der Waals surface area (Å²) in [5.74, 6) is 0. The number of benzene rings is 1. The molecule has 146 valence electrons. The minimum Gasteiger partial charge on any atom is -0.376 e. The Morgan fingerprint density at radius 3 is 2.44 bits per heavy atom. The van der Waals surface area contributed by atoms with Gasteiger partial charge in [-0.3, -0.25) is 4.98 Å². The summed E-state index contributed by atoms with van der Waals surface area (Å²) in [4.78, 5) is 16.1. The van der Waals surface area contributed by atoms with Crippen molar-refractivity contribution in [2.75, 3.05) is 5.32 Å². The zero-order chi connectivity index (χ0) is 20.4. The fraction of sp³-hybridized carbons (Fsp3) is 0.294. The van der Waals surface area contributed by atoms with Gasteiger partial charge in [0.25, 0.3) is 0 Å².